The summed E-state index contributed by atoms with van der Waals surface area (Å²) in [6.45, 7) is 2.25. The van der Waals surface area contributed by atoms with Crippen LogP contribution in [-0.4, -0.2) is 17.5 Å². The predicted octanol–water partition coefficient (Wildman–Crippen LogP) is 3.16. The SMILES string of the molecule is CCCCCCOc1nc(C(F)(F)F)ccc1C(N)=O. The summed E-state index contributed by atoms with van der Waals surface area (Å²) in [5, 5.41) is 0. The van der Waals surface area contributed by atoms with E-state index in [2.05, 4.69) is 4.98 Å². The lowest BCUT2D eigenvalue weighted by Crippen LogP contribution is -2.17. The zero-order valence-electron chi connectivity index (χ0n) is 11.2. The van der Waals surface area contributed by atoms with E-state index < -0.39 is 17.8 Å². The average Bonchev–Trinajstić information content (AvgIpc) is 2.37. The Bertz CT molecular complexity index is 461. The van der Waals surface area contributed by atoms with Crippen LogP contribution in [-0.2, 0) is 6.18 Å². The molecule has 1 rings (SSSR count). The molecule has 0 aliphatic carbocycles. The first-order valence-corrected chi connectivity index (χ1v) is 6.37. The van der Waals surface area contributed by atoms with Crippen LogP contribution in [0.1, 0.15) is 48.7 Å². The number of alkyl halides is 3. The van der Waals surface area contributed by atoms with Gasteiger partial charge in [-0.15, -0.1) is 0 Å². The Morgan fingerprint density at radius 1 is 1.30 bits per heavy atom. The van der Waals surface area contributed by atoms with Crippen molar-refractivity contribution in [1.82, 2.24) is 4.98 Å². The topological polar surface area (TPSA) is 65.2 Å². The molecule has 1 aromatic rings. The molecular weight excluding hydrogens is 273 g/mol. The minimum Gasteiger partial charge on any atom is -0.477 e. The van der Waals surface area contributed by atoms with Crippen LogP contribution < -0.4 is 10.5 Å². The Morgan fingerprint density at radius 2 is 2.00 bits per heavy atom. The fourth-order valence-corrected chi connectivity index (χ4v) is 1.59. The molecule has 4 nitrogen and oxygen atoms in total. The van der Waals surface area contributed by atoms with Crippen LogP contribution in [0.25, 0.3) is 0 Å². The van der Waals surface area contributed by atoms with Gasteiger partial charge in [0.15, 0.2) is 0 Å². The minimum absolute atomic E-state index is 0.145. The van der Waals surface area contributed by atoms with Crippen molar-refractivity contribution in [1.29, 1.82) is 0 Å². The third-order valence-corrected chi connectivity index (χ3v) is 2.65. The lowest BCUT2D eigenvalue weighted by molar-refractivity contribution is -0.141. The number of halogens is 3. The number of ether oxygens (including phenoxy) is 1. The lowest BCUT2D eigenvalue weighted by Gasteiger charge is -2.11. The molecular formula is C13H17F3N2O2. The Hall–Kier alpha value is -1.79. The van der Waals surface area contributed by atoms with E-state index in [4.69, 9.17) is 10.5 Å². The van der Waals surface area contributed by atoms with Gasteiger partial charge >= 0.3 is 6.18 Å². The number of hydrogen-bond acceptors (Lipinski definition) is 3. The Morgan fingerprint density at radius 3 is 2.55 bits per heavy atom. The number of carbonyl (C=O) groups excluding carboxylic acids is 1. The molecule has 2 N–H and O–H groups in total. The van der Waals surface area contributed by atoms with E-state index in [1.165, 1.54) is 0 Å². The minimum atomic E-state index is -4.59. The molecule has 0 aliphatic rings. The number of carbonyl (C=O) groups is 1. The Kier molecular flexibility index (Phi) is 5.79. The van der Waals surface area contributed by atoms with Crippen molar-refractivity contribution in [3.05, 3.63) is 23.4 Å². The van der Waals surface area contributed by atoms with E-state index in [9.17, 15) is 18.0 Å². The van der Waals surface area contributed by atoms with Crippen molar-refractivity contribution >= 4 is 5.91 Å². The van der Waals surface area contributed by atoms with Crippen molar-refractivity contribution in [3.63, 3.8) is 0 Å². The first-order chi connectivity index (χ1) is 9.36. The molecule has 7 heteroatoms. The highest BCUT2D eigenvalue weighted by atomic mass is 19.4. The van der Waals surface area contributed by atoms with Gasteiger partial charge in [-0.1, -0.05) is 26.2 Å². The van der Waals surface area contributed by atoms with Gasteiger partial charge in [-0.05, 0) is 18.6 Å². The molecule has 112 valence electrons. The summed E-state index contributed by atoms with van der Waals surface area (Å²) in [7, 11) is 0. The van der Waals surface area contributed by atoms with Gasteiger partial charge in [-0.2, -0.15) is 13.2 Å². The summed E-state index contributed by atoms with van der Waals surface area (Å²) in [6.07, 6.45) is -0.946. The highest BCUT2D eigenvalue weighted by Crippen LogP contribution is 2.30. The first kappa shape index (κ1) is 16.3. The number of nitrogens with two attached hydrogens (primary N) is 1. The smallest absolute Gasteiger partial charge is 0.433 e. The zero-order chi connectivity index (χ0) is 15.2. The number of hydrogen-bond donors (Lipinski definition) is 1. The third kappa shape index (κ3) is 4.71. The highest BCUT2D eigenvalue weighted by molar-refractivity contribution is 5.95. The van der Waals surface area contributed by atoms with Crippen molar-refractivity contribution in [3.8, 4) is 5.88 Å². The van der Waals surface area contributed by atoms with E-state index in [1.54, 1.807) is 0 Å². The van der Waals surface area contributed by atoms with Gasteiger partial charge in [0.2, 0.25) is 5.88 Å². The Labute approximate surface area is 115 Å². The number of unbranched alkanes of at least 4 members (excludes halogenated alkanes) is 3. The number of nitrogens with zero attached hydrogens (tertiary/aromatic N) is 1. The fraction of sp³-hybridized carbons (Fsp3) is 0.538. The maximum absolute atomic E-state index is 12.6. The average molecular weight is 290 g/mol. The molecule has 1 amide bonds. The van der Waals surface area contributed by atoms with Gasteiger partial charge in [0.25, 0.3) is 5.91 Å². The van der Waals surface area contributed by atoms with Crippen LogP contribution in [0.3, 0.4) is 0 Å². The molecule has 0 spiro atoms. The number of amides is 1. The normalized spacial score (nSPS) is 11.4. The van der Waals surface area contributed by atoms with Gasteiger partial charge in [0, 0.05) is 0 Å². The van der Waals surface area contributed by atoms with Crippen LogP contribution in [0.4, 0.5) is 13.2 Å². The molecule has 0 aliphatic heterocycles. The highest BCUT2D eigenvalue weighted by Gasteiger charge is 2.33. The molecule has 0 fully saturated rings. The van der Waals surface area contributed by atoms with Crippen LogP contribution in [0.2, 0.25) is 0 Å². The monoisotopic (exact) mass is 290 g/mol. The van der Waals surface area contributed by atoms with Gasteiger partial charge in [0.1, 0.15) is 11.3 Å². The number of rotatable bonds is 7. The maximum Gasteiger partial charge on any atom is 0.433 e. The summed E-state index contributed by atoms with van der Waals surface area (Å²) in [5.74, 6) is -1.22. The second-order valence-corrected chi connectivity index (χ2v) is 4.32. The molecule has 1 heterocycles. The van der Waals surface area contributed by atoms with Crippen molar-refractivity contribution in [2.75, 3.05) is 6.61 Å². The number of aromatic nitrogens is 1. The van der Waals surface area contributed by atoms with Gasteiger partial charge in [-0.25, -0.2) is 4.98 Å². The summed E-state index contributed by atoms with van der Waals surface area (Å²) in [5.41, 5.74) is 3.84. The van der Waals surface area contributed by atoms with Crippen molar-refractivity contribution in [2.45, 2.75) is 38.8 Å². The molecule has 1 aromatic heterocycles. The van der Waals surface area contributed by atoms with Crippen LogP contribution in [0.5, 0.6) is 5.88 Å². The second kappa shape index (κ2) is 7.12. The van der Waals surface area contributed by atoms with Gasteiger partial charge in [0.05, 0.1) is 6.61 Å². The molecule has 0 saturated heterocycles. The third-order valence-electron chi connectivity index (χ3n) is 2.65. The van der Waals surface area contributed by atoms with Gasteiger partial charge < -0.3 is 10.5 Å². The van der Waals surface area contributed by atoms with Crippen LogP contribution >= 0.6 is 0 Å². The molecule has 0 atom stereocenters. The quantitative estimate of drug-likeness (QED) is 0.784. The van der Waals surface area contributed by atoms with E-state index in [-0.39, 0.29) is 18.1 Å². The predicted molar refractivity (Wildman–Crippen MR) is 67.4 cm³/mol. The van der Waals surface area contributed by atoms with Crippen LogP contribution in [0.15, 0.2) is 12.1 Å². The van der Waals surface area contributed by atoms with Crippen molar-refractivity contribution in [2.24, 2.45) is 5.73 Å². The van der Waals surface area contributed by atoms with E-state index in [1.807, 2.05) is 6.92 Å². The number of pyridine rings is 1. The first-order valence-electron chi connectivity index (χ1n) is 6.37. The molecule has 0 radical (unpaired) electrons. The van der Waals surface area contributed by atoms with E-state index in [0.717, 1.165) is 25.3 Å². The molecule has 0 bridgehead atoms. The standard InChI is InChI=1S/C13H17F3N2O2/c1-2-3-4-5-8-20-12-9(11(17)19)6-7-10(18-12)13(14,15)16/h6-7H,2-5,8H2,1H3,(H2,17,19). The zero-order valence-corrected chi connectivity index (χ0v) is 11.2. The molecule has 0 aromatic carbocycles. The largest absolute Gasteiger partial charge is 0.477 e. The molecule has 0 saturated carbocycles. The number of primary amides is 1. The molecule has 20 heavy (non-hydrogen) atoms. The summed E-state index contributed by atoms with van der Waals surface area (Å²) in [4.78, 5) is 14.5. The summed E-state index contributed by atoms with van der Waals surface area (Å²) < 4.78 is 42.8. The summed E-state index contributed by atoms with van der Waals surface area (Å²) >= 11 is 0. The fourth-order valence-electron chi connectivity index (χ4n) is 1.59. The van der Waals surface area contributed by atoms with E-state index >= 15 is 0 Å². The van der Waals surface area contributed by atoms with Crippen molar-refractivity contribution < 1.29 is 22.7 Å². The maximum atomic E-state index is 12.6. The summed E-state index contributed by atoms with van der Waals surface area (Å²) in [6, 6.07) is 1.70. The Balaban J connectivity index is 2.81. The molecule has 0 unspecified atom stereocenters. The lowest BCUT2D eigenvalue weighted by atomic mass is 10.2. The van der Waals surface area contributed by atoms with E-state index in [0.29, 0.717) is 12.5 Å². The van der Waals surface area contributed by atoms with Gasteiger partial charge in [-0.3, -0.25) is 4.79 Å². The van der Waals surface area contributed by atoms with Crippen LogP contribution in [0, 0.1) is 0 Å². The second-order valence-electron chi connectivity index (χ2n) is 4.32.